The lowest BCUT2D eigenvalue weighted by molar-refractivity contribution is 0.0590. The maximum Gasteiger partial charge on any atom is 0.357 e. The Hall–Kier alpha value is -2.79. The van der Waals surface area contributed by atoms with Crippen molar-refractivity contribution in [1.29, 1.82) is 5.26 Å². The summed E-state index contributed by atoms with van der Waals surface area (Å²) in [6, 6.07) is 6.40. The molecule has 0 unspecified atom stereocenters. The molecule has 0 saturated heterocycles. The maximum atomic E-state index is 12.0. The minimum absolute atomic E-state index is 0.0486. The van der Waals surface area contributed by atoms with Gasteiger partial charge in [0.05, 0.1) is 29.6 Å². The van der Waals surface area contributed by atoms with Gasteiger partial charge in [0, 0.05) is 10.7 Å². The summed E-state index contributed by atoms with van der Waals surface area (Å²) in [5, 5.41) is 18.4. The van der Waals surface area contributed by atoms with Crippen LogP contribution in [0.4, 0.5) is 5.69 Å². The molecule has 0 aliphatic rings. The van der Waals surface area contributed by atoms with E-state index in [1.807, 2.05) is 6.07 Å². The third-order valence-electron chi connectivity index (χ3n) is 3.00. The standard InChI is InChI=1S/C14H10BrN3O4/c1-22-14(21)12-10(17)7(5-16)6-18(12)11-8(13(19)20)3-2-4-9(11)15/h2-4,6H,17H2,1H3,(H,19,20). The molecule has 0 bridgehead atoms. The van der Waals surface area contributed by atoms with Crippen LogP contribution in [0.5, 0.6) is 0 Å². The number of carboxylic acids is 1. The lowest BCUT2D eigenvalue weighted by Gasteiger charge is -2.13. The number of aromatic carboxylic acids is 1. The van der Waals surface area contributed by atoms with E-state index < -0.39 is 11.9 Å². The number of benzene rings is 1. The molecule has 3 N–H and O–H groups in total. The second-order valence-electron chi connectivity index (χ2n) is 4.22. The smallest absolute Gasteiger partial charge is 0.357 e. The lowest BCUT2D eigenvalue weighted by atomic mass is 10.1. The number of anilines is 1. The Morgan fingerprint density at radius 3 is 2.68 bits per heavy atom. The number of halogens is 1. The number of nitrogens with zero attached hydrogens (tertiary/aromatic N) is 2. The van der Waals surface area contributed by atoms with Crippen molar-refractivity contribution in [1.82, 2.24) is 4.57 Å². The van der Waals surface area contributed by atoms with Crippen LogP contribution >= 0.6 is 15.9 Å². The number of carbonyl (C=O) groups excluding carboxylic acids is 1. The Morgan fingerprint density at radius 2 is 2.14 bits per heavy atom. The molecule has 1 aromatic carbocycles. The third kappa shape index (κ3) is 2.42. The van der Waals surface area contributed by atoms with Crippen molar-refractivity contribution in [3.63, 3.8) is 0 Å². The third-order valence-corrected chi connectivity index (χ3v) is 3.64. The van der Waals surface area contributed by atoms with Crippen molar-refractivity contribution in [3.8, 4) is 11.8 Å². The Labute approximate surface area is 133 Å². The number of carbonyl (C=O) groups is 2. The van der Waals surface area contributed by atoms with Crippen LogP contribution in [0, 0.1) is 11.3 Å². The molecule has 0 aliphatic heterocycles. The van der Waals surface area contributed by atoms with Crippen LogP contribution < -0.4 is 5.73 Å². The molecular formula is C14H10BrN3O4. The number of nitrogens with two attached hydrogens (primary N) is 1. The fourth-order valence-electron chi connectivity index (χ4n) is 2.02. The number of esters is 1. The van der Waals surface area contributed by atoms with Crippen LogP contribution in [0.25, 0.3) is 5.69 Å². The average molecular weight is 364 g/mol. The Bertz CT molecular complexity index is 820. The zero-order chi connectivity index (χ0) is 16.4. The predicted molar refractivity (Wildman–Crippen MR) is 80.9 cm³/mol. The molecule has 1 heterocycles. The fourth-order valence-corrected chi connectivity index (χ4v) is 2.58. The van der Waals surface area contributed by atoms with Gasteiger partial charge >= 0.3 is 11.9 Å². The van der Waals surface area contributed by atoms with Crippen molar-refractivity contribution in [2.24, 2.45) is 0 Å². The topological polar surface area (TPSA) is 118 Å². The number of ether oxygens (including phenoxy) is 1. The largest absolute Gasteiger partial charge is 0.478 e. The van der Waals surface area contributed by atoms with E-state index in [1.54, 1.807) is 12.1 Å². The van der Waals surface area contributed by atoms with E-state index >= 15 is 0 Å². The number of hydrogen-bond acceptors (Lipinski definition) is 5. The fraction of sp³-hybridized carbons (Fsp3) is 0.0714. The molecule has 0 fully saturated rings. The molecule has 2 rings (SSSR count). The maximum absolute atomic E-state index is 12.0. The summed E-state index contributed by atoms with van der Waals surface area (Å²) in [6.45, 7) is 0. The van der Waals surface area contributed by atoms with E-state index in [0.717, 1.165) is 0 Å². The first kappa shape index (κ1) is 15.6. The van der Waals surface area contributed by atoms with Crippen molar-refractivity contribution in [3.05, 3.63) is 45.7 Å². The molecule has 2 aromatic rings. The van der Waals surface area contributed by atoms with Crippen LogP contribution in [0.15, 0.2) is 28.9 Å². The molecule has 0 radical (unpaired) electrons. The molecule has 7 nitrogen and oxygen atoms in total. The number of hydrogen-bond donors (Lipinski definition) is 2. The zero-order valence-corrected chi connectivity index (χ0v) is 12.9. The van der Waals surface area contributed by atoms with Crippen LogP contribution in [0.3, 0.4) is 0 Å². The highest BCUT2D eigenvalue weighted by atomic mass is 79.9. The molecule has 0 amide bonds. The van der Waals surface area contributed by atoms with Crippen molar-refractivity contribution < 1.29 is 19.4 Å². The van der Waals surface area contributed by atoms with Gasteiger partial charge < -0.3 is 20.1 Å². The van der Waals surface area contributed by atoms with Gasteiger partial charge in [-0.25, -0.2) is 9.59 Å². The minimum atomic E-state index is -1.18. The van der Waals surface area contributed by atoms with E-state index in [1.165, 1.54) is 23.9 Å². The van der Waals surface area contributed by atoms with Gasteiger partial charge in [-0.15, -0.1) is 0 Å². The summed E-state index contributed by atoms with van der Waals surface area (Å²) < 4.78 is 6.34. The first-order valence-electron chi connectivity index (χ1n) is 5.93. The highest BCUT2D eigenvalue weighted by molar-refractivity contribution is 9.10. The normalized spacial score (nSPS) is 10.0. The van der Waals surface area contributed by atoms with Crippen LogP contribution in [0.1, 0.15) is 26.4 Å². The monoisotopic (exact) mass is 363 g/mol. The summed E-state index contributed by atoms with van der Waals surface area (Å²) in [5.74, 6) is -1.95. The second kappa shape index (κ2) is 5.91. The van der Waals surface area contributed by atoms with E-state index in [2.05, 4.69) is 20.7 Å². The Morgan fingerprint density at radius 1 is 1.45 bits per heavy atom. The van der Waals surface area contributed by atoms with E-state index in [9.17, 15) is 14.7 Å². The molecule has 8 heteroatoms. The minimum Gasteiger partial charge on any atom is -0.478 e. The zero-order valence-electron chi connectivity index (χ0n) is 11.3. The number of nitriles is 1. The molecule has 22 heavy (non-hydrogen) atoms. The summed E-state index contributed by atoms with van der Waals surface area (Å²) in [6.07, 6.45) is 1.30. The summed E-state index contributed by atoms with van der Waals surface area (Å²) >= 11 is 3.25. The highest BCUT2D eigenvalue weighted by Crippen LogP contribution is 2.31. The number of nitrogen functional groups attached to an aromatic ring is 1. The highest BCUT2D eigenvalue weighted by Gasteiger charge is 2.25. The van der Waals surface area contributed by atoms with Gasteiger partial charge in [-0.1, -0.05) is 6.07 Å². The number of carboxylic acid groups (broad SMARTS) is 1. The first-order chi connectivity index (χ1) is 10.4. The van der Waals surface area contributed by atoms with Crippen molar-refractivity contribution in [2.45, 2.75) is 0 Å². The summed E-state index contributed by atoms with van der Waals surface area (Å²) in [4.78, 5) is 23.4. The van der Waals surface area contributed by atoms with Crippen LogP contribution in [0.2, 0.25) is 0 Å². The molecule has 0 aliphatic carbocycles. The van der Waals surface area contributed by atoms with Crippen molar-refractivity contribution in [2.75, 3.05) is 12.8 Å². The molecule has 0 spiro atoms. The van der Waals surface area contributed by atoms with E-state index in [4.69, 9.17) is 11.0 Å². The Balaban J connectivity index is 2.88. The van der Waals surface area contributed by atoms with Crippen LogP contribution in [-0.4, -0.2) is 28.7 Å². The van der Waals surface area contributed by atoms with Gasteiger partial charge in [0.15, 0.2) is 5.69 Å². The quantitative estimate of drug-likeness (QED) is 0.806. The van der Waals surface area contributed by atoms with Gasteiger partial charge in [-0.05, 0) is 28.1 Å². The average Bonchev–Trinajstić information content (AvgIpc) is 2.82. The van der Waals surface area contributed by atoms with E-state index in [0.29, 0.717) is 4.47 Å². The molecular weight excluding hydrogens is 354 g/mol. The SMILES string of the molecule is COC(=O)c1c(N)c(C#N)cn1-c1c(Br)cccc1C(=O)O. The Kier molecular flexibility index (Phi) is 4.19. The summed E-state index contributed by atoms with van der Waals surface area (Å²) in [7, 11) is 1.17. The van der Waals surface area contributed by atoms with Crippen molar-refractivity contribution >= 4 is 33.6 Å². The van der Waals surface area contributed by atoms with Gasteiger partial charge in [-0.2, -0.15) is 5.26 Å². The number of rotatable bonds is 3. The first-order valence-corrected chi connectivity index (χ1v) is 6.73. The van der Waals surface area contributed by atoms with Gasteiger partial charge in [0.25, 0.3) is 0 Å². The van der Waals surface area contributed by atoms with Gasteiger partial charge in [0.2, 0.25) is 0 Å². The lowest BCUT2D eigenvalue weighted by Crippen LogP contribution is -2.14. The molecule has 0 atom stereocenters. The van der Waals surface area contributed by atoms with Gasteiger partial charge in [0.1, 0.15) is 6.07 Å². The second-order valence-corrected chi connectivity index (χ2v) is 5.07. The van der Waals surface area contributed by atoms with E-state index in [-0.39, 0.29) is 28.2 Å². The number of methoxy groups -OCH3 is 1. The number of para-hydroxylation sites is 1. The predicted octanol–water partition coefficient (Wildman–Crippen LogP) is 2.18. The molecule has 1 aromatic heterocycles. The summed E-state index contributed by atoms with van der Waals surface area (Å²) in [5.41, 5.74) is 5.80. The molecule has 0 saturated carbocycles. The number of aromatic nitrogens is 1. The van der Waals surface area contributed by atoms with Gasteiger partial charge in [-0.3, -0.25) is 0 Å². The molecule has 112 valence electrons. The van der Waals surface area contributed by atoms with Crippen LogP contribution in [-0.2, 0) is 4.74 Å².